The van der Waals surface area contributed by atoms with E-state index in [9.17, 15) is 20.1 Å². The van der Waals surface area contributed by atoms with Crippen molar-refractivity contribution in [3.8, 4) is 17.2 Å². The second-order valence-corrected chi connectivity index (χ2v) is 7.30. The van der Waals surface area contributed by atoms with Crippen molar-refractivity contribution in [2.45, 2.75) is 40.0 Å². The second kappa shape index (κ2) is 10.3. The molecule has 0 bridgehead atoms. The smallest absolute Gasteiger partial charge is 0.189 e. The third kappa shape index (κ3) is 6.39. The highest BCUT2D eigenvalue weighted by Gasteiger charge is 2.15. The van der Waals surface area contributed by atoms with Gasteiger partial charge in [-0.3, -0.25) is 4.79 Å². The highest BCUT2D eigenvalue weighted by atomic mass is 16.3. The maximum atomic E-state index is 12.4. The van der Waals surface area contributed by atoms with Crippen LogP contribution in [0.25, 0.3) is 6.08 Å². The molecule has 2 aromatic carbocycles. The summed E-state index contributed by atoms with van der Waals surface area (Å²) in [6.07, 6.45) is 9.32. The van der Waals surface area contributed by atoms with Crippen molar-refractivity contribution in [1.82, 2.24) is 0 Å². The molecule has 0 saturated heterocycles. The summed E-state index contributed by atoms with van der Waals surface area (Å²) in [6.45, 7) is 6.18. The number of hydrogen-bond acceptors (Lipinski definition) is 4. The van der Waals surface area contributed by atoms with Gasteiger partial charge in [0.05, 0.1) is 5.56 Å². The molecule has 29 heavy (non-hydrogen) atoms. The minimum atomic E-state index is -0.457. The zero-order chi connectivity index (χ0) is 21.4. The van der Waals surface area contributed by atoms with E-state index in [0.29, 0.717) is 17.5 Å². The minimum Gasteiger partial charge on any atom is -0.507 e. The summed E-state index contributed by atoms with van der Waals surface area (Å²) in [4.78, 5) is 12.4. The quantitative estimate of drug-likeness (QED) is 0.225. The summed E-state index contributed by atoms with van der Waals surface area (Å²) in [5.74, 6) is -1.10. The topological polar surface area (TPSA) is 77.8 Å². The second-order valence-electron chi connectivity index (χ2n) is 7.30. The van der Waals surface area contributed by atoms with Crippen molar-refractivity contribution in [1.29, 1.82) is 0 Å². The van der Waals surface area contributed by atoms with Gasteiger partial charge in [-0.1, -0.05) is 47.6 Å². The molecule has 2 rings (SSSR count). The molecule has 2 aromatic rings. The molecule has 0 heterocycles. The number of benzene rings is 2. The van der Waals surface area contributed by atoms with Gasteiger partial charge in [-0.25, -0.2) is 0 Å². The van der Waals surface area contributed by atoms with Crippen molar-refractivity contribution in [2.24, 2.45) is 0 Å². The number of ketones is 1. The average Bonchev–Trinajstić information content (AvgIpc) is 2.68. The number of rotatable bonds is 8. The fourth-order valence-corrected chi connectivity index (χ4v) is 2.84. The molecule has 0 aliphatic rings. The average molecular weight is 392 g/mol. The first-order valence-electron chi connectivity index (χ1n) is 9.62. The van der Waals surface area contributed by atoms with Crippen LogP contribution in [0.4, 0.5) is 0 Å². The van der Waals surface area contributed by atoms with Crippen LogP contribution in [-0.2, 0) is 6.42 Å². The van der Waals surface area contributed by atoms with Gasteiger partial charge in [0, 0.05) is 11.1 Å². The molecular weight excluding hydrogens is 364 g/mol. The Kier molecular flexibility index (Phi) is 7.84. The maximum absolute atomic E-state index is 12.4. The van der Waals surface area contributed by atoms with E-state index in [2.05, 4.69) is 19.9 Å². The van der Waals surface area contributed by atoms with Crippen LogP contribution in [0, 0.1) is 0 Å². The van der Waals surface area contributed by atoms with Crippen LogP contribution in [0.15, 0.2) is 65.8 Å². The molecule has 0 atom stereocenters. The lowest BCUT2D eigenvalue weighted by atomic mass is 10.0. The molecular formula is C25H28O4. The lowest BCUT2D eigenvalue weighted by Crippen LogP contribution is -1.97. The summed E-state index contributed by atoms with van der Waals surface area (Å²) in [6, 6.07) is 9.79. The van der Waals surface area contributed by atoms with E-state index in [1.54, 1.807) is 24.3 Å². The van der Waals surface area contributed by atoms with E-state index in [4.69, 9.17) is 0 Å². The molecule has 152 valence electrons. The first-order valence-corrected chi connectivity index (χ1v) is 9.62. The third-order valence-corrected chi connectivity index (χ3v) is 4.61. The minimum absolute atomic E-state index is 0.0159. The first-order chi connectivity index (χ1) is 13.8. The van der Waals surface area contributed by atoms with Gasteiger partial charge in [0.1, 0.15) is 5.75 Å². The molecule has 0 saturated carbocycles. The Morgan fingerprint density at radius 1 is 0.931 bits per heavy atom. The van der Waals surface area contributed by atoms with Crippen LogP contribution in [0.3, 0.4) is 0 Å². The summed E-state index contributed by atoms with van der Waals surface area (Å²) in [5.41, 5.74) is 3.56. The van der Waals surface area contributed by atoms with Gasteiger partial charge in [0.2, 0.25) is 0 Å². The zero-order valence-corrected chi connectivity index (χ0v) is 17.1. The Hall–Kier alpha value is -3.27. The van der Waals surface area contributed by atoms with Crippen LogP contribution < -0.4 is 0 Å². The number of hydrogen-bond donors (Lipinski definition) is 3. The molecule has 0 amide bonds. The summed E-state index contributed by atoms with van der Waals surface area (Å²) >= 11 is 0. The fraction of sp³-hybridized carbons (Fsp3) is 0.240. The molecule has 4 heteroatoms. The molecule has 0 fully saturated rings. The number of aromatic hydroxyl groups is 3. The number of allylic oxidation sites excluding steroid dienone is 5. The van der Waals surface area contributed by atoms with Crippen LogP contribution in [0.5, 0.6) is 17.2 Å². The van der Waals surface area contributed by atoms with Crippen molar-refractivity contribution in [3.63, 3.8) is 0 Å². The van der Waals surface area contributed by atoms with Crippen LogP contribution in [-0.4, -0.2) is 21.1 Å². The number of carbonyl (C=O) groups is 1. The molecule has 0 spiro atoms. The van der Waals surface area contributed by atoms with E-state index in [1.807, 2.05) is 13.0 Å². The Labute approximate surface area is 172 Å². The summed E-state index contributed by atoms with van der Waals surface area (Å²) < 4.78 is 0. The fourth-order valence-electron chi connectivity index (χ4n) is 2.84. The highest BCUT2D eigenvalue weighted by molar-refractivity contribution is 6.09. The molecule has 4 nitrogen and oxygen atoms in total. The number of phenolic OH excluding ortho intramolecular Hbond substituents is 3. The summed E-state index contributed by atoms with van der Waals surface area (Å²) in [5, 5.41) is 30.4. The molecule has 0 unspecified atom stereocenters. The molecule has 0 aromatic heterocycles. The van der Waals surface area contributed by atoms with Crippen molar-refractivity contribution < 1.29 is 20.1 Å². The first kappa shape index (κ1) is 22.0. The lowest BCUT2D eigenvalue weighted by Gasteiger charge is -2.08. The Morgan fingerprint density at radius 2 is 1.66 bits per heavy atom. The normalized spacial score (nSPS) is 11.6. The predicted molar refractivity (Wildman–Crippen MR) is 117 cm³/mol. The number of para-hydroxylation sites is 1. The molecule has 0 aliphatic heterocycles. The van der Waals surface area contributed by atoms with E-state index >= 15 is 0 Å². The highest BCUT2D eigenvalue weighted by Crippen LogP contribution is 2.34. The molecule has 3 N–H and O–H groups in total. The number of phenols is 3. The number of carbonyl (C=O) groups excluding carboxylic acids is 1. The predicted octanol–water partition coefficient (Wildman–Crippen LogP) is 5.93. The van der Waals surface area contributed by atoms with Crippen molar-refractivity contribution in [3.05, 3.63) is 82.5 Å². The Morgan fingerprint density at radius 3 is 2.34 bits per heavy atom. The van der Waals surface area contributed by atoms with Gasteiger partial charge in [0.25, 0.3) is 0 Å². The Balaban J connectivity index is 2.11. The lowest BCUT2D eigenvalue weighted by molar-refractivity contribution is 0.104. The van der Waals surface area contributed by atoms with Crippen molar-refractivity contribution in [2.75, 3.05) is 0 Å². The molecule has 0 radical (unpaired) electrons. The van der Waals surface area contributed by atoms with Gasteiger partial charge in [0.15, 0.2) is 17.3 Å². The van der Waals surface area contributed by atoms with Crippen molar-refractivity contribution >= 4 is 11.9 Å². The van der Waals surface area contributed by atoms with E-state index in [1.165, 1.54) is 35.4 Å². The zero-order valence-electron chi connectivity index (χ0n) is 17.1. The van der Waals surface area contributed by atoms with Crippen LogP contribution in [0.1, 0.15) is 55.1 Å². The van der Waals surface area contributed by atoms with E-state index in [-0.39, 0.29) is 17.1 Å². The maximum Gasteiger partial charge on any atom is 0.189 e. The van der Waals surface area contributed by atoms with Gasteiger partial charge in [-0.05, 0) is 64.3 Å². The van der Waals surface area contributed by atoms with Gasteiger partial charge in [-0.15, -0.1) is 0 Å². The Bertz CT molecular complexity index is 961. The molecule has 0 aliphatic carbocycles. The third-order valence-electron chi connectivity index (χ3n) is 4.61. The van der Waals surface area contributed by atoms with Gasteiger partial charge in [-0.2, -0.15) is 0 Å². The standard InChI is InChI=1S/C25H28O4/c1-17(2)7-6-8-18(3)11-12-20-13-15-21(25(29)24(20)28)23(27)16-14-19-9-4-5-10-22(19)26/h4-5,7,9-11,13-16,26,28-29H,6,8,12H2,1-3H3. The van der Waals surface area contributed by atoms with Crippen LogP contribution >= 0.6 is 0 Å². The summed E-state index contributed by atoms with van der Waals surface area (Å²) in [7, 11) is 0. The largest absolute Gasteiger partial charge is 0.507 e. The van der Waals surface area contributed by atoms with E-state index in [0.717, 1.165) is 12.8 Å². The van der Waals surface area contributed by atoms with Crippen LogP contribution in [0.2, 0.25) is 0 Å². The van der Waals surface area contributed by atoms with E-state index < -0.39 is 11.5 Å². The SMILES string of the molecule is CC(C)=CCCC(C)=CCc1ccc(C(=O)C=Cc2ccccc2O)c(O)c1O. The van der Waals surface area contributed by atoms with Gasteiger partial charge < -0.3 is 15.3 Å². The monoisotopic (exact) mass is 392 g/mol. The van der Waals surface area contributed by atoms with Gasteiger partial charge >= 0.3 is 0 Å².